The molecule has 2 aliphatic rings. The molecule has 1 unspecified atom stereocenters. The molecule has 0 radical (unpaired) electrons. The highest BCUT2D eigenvalue weighted by molar-refractivity contribution is 5.73. The van der Waals surface area contributed by atoms with E-state index in [1.54, 1.807) is 12.1 Å². The third-order valence-corrected chi connectivity index (χ3v) is 7.49. The molecule has 39 heavy (non-hydrogen) atoms. The van der Waals surface area contributed by atoms with Crippen LogP contribution in [-0.4, -0.2) is 54.3 Å². The minimum atomic E-state index is -4.97. The number of carboxylic acids is 1. The van der Waals surface area contributed by atoms with Crippen molar-refractivity contribution in [3.05, 3.63) is 70.5 Å². The molecule has 5 nitrogen and oxygen atoms in total. The van der Waals surface area contributed by atoms with Gasteiger partial charge in [0.15, 0.2) is 0 Å². The first-order valence-corrected chi connectivity index (χ1v) is 12.6. The standard InChI is InChI=1S/C27H29F7N2O3/c1-15(18-10-19(26(29,30)31)12-20(11-18)27(32,33)34)39-23-7-4-17(24(23)16-2-5-21(28)6-3-16)13-36-9-8-35-22(14-36)25(37)38/h2-3,5-6,10-12,15,17,22-24,35H,4,7-9,13-14H2,1H3,(H,37,38)/t15-,17+,22?,23+,24+/m1/s1. The molecule has 1 aliphatic heterocycles. The van der Waals surface area contributed by atoms with Crippen LogP contribution in [0.5, 0.6) is 0 Å². The molecule has 214 valence electrons. The van der Waals surface area contributed by atoms with Gasteiger partial charge in [0.05, 0.1) is 23.3 Å². The highest BCUT2D eigenvalue weighted by Gasteiger charge is 2.41. The summed E-state index contributed by atoms with van der Waals surface area (Å²) in [6.07, 6.45) is -10.5. The van der Waals surface area contributed by atoms with Crippen molar-refractivity contribution in [3.63, 3.8) is 0 Å². The number of nitrogens with one attached hydrogen (secondary N) is 1. The number of alkyl halides is 6. The van der Waals surface area contributed by atoms with Crippen LogP contribution < -0.4 is 5.32 Å². The number of carbonyl (C=O) groups is 1. The van der Waals surface area contributed by atoms with E-state index in [1.165, 1.54) is 19.1 Å². The van der Waals surface area contributed by atoms with Crippen LogP contribution in [0, 0.1) is 11.7 Å². The Kier molecular flexibility index (Phi) is 8.58. The number of piperazine rings is 1. The monoisotopic (exact) mass is 562 g/mol. The fraction of sp³-hybridized carbons (Fsp3) is 0.519. The van der Waals surface area contributed by atoms with Crippen LogP contribution in [0.3, 0.4) is 0 Å². The fourth-order valence-electron chi connectivity index (χ4n) is 5.60. The Morgan fingerprint density at radius 3 is 2.23 bits per heavy atom. The van der Waals surface area contributed by atoms with Crippen LogP contribution in [-0.2, 0) is 21.9 Å². The van der Waals surface area contributed by atoms with Gasteiger partial charge >= 0.3 is 18.3 Å². The molecular weight excluding hydrogens is 533 g/mol. The first kappa shape index (κ1) is 29.3. The number of rotatable bonds is 7. The predicted molar refractivity (Wildman–Crippen MR) is 127 cm³/mol. The van der Waals surface area contributed by atoms with E-state index in [0.717, 1.165) is 5.56 Å². The number of nitrogens with zero attached hydrogens (tertiary/aromatic N) is 1. The second kappa shape index (κ2) is 11.4. The zero-order valence-electron chi connectivity index (χ0n) is 21.0. The van der Waals surface area contributed by atoms with Gasteiger partial charge in [-0.3, -0.25) is 9.69 Å². The molecule has 0 spiro atoms. The van der Waals surface area contributed by atoms with Crippen molar-refractivity contribution in [3.8, 4) is 0 Å². The highest BCUT2D eigenvalue weighted by atomic mass is 19.4. The third-order valence-electron chi connectivity index (χ3n) is 7.49. The van der Waals surface area contributed by atoms with Gasteiger partial charge in [0.25, 0.3) is 0 Å². The second-order valence-electron chi connectivity index (χ2n) is 10.2. The predicted octanol–water partition coefficient (Wildman–Crippen LogP) is 5.86. The van der Waals surface area contributed by atoms with Crippen molar-refractivity contribution in [2.24, 2.45) is 5.92 Å². The molecule has 2 fully saturated rings. The minimum Gasteiger partial charge on any atom is -0.480 e. The number of aliphatic carboxylic acids is 1. The van der Waals surface area contributed by atoms with Crippen molar-refractivity contribution in [2.45, 2.75) is 56.3 Å². The first-order valence-electron chi connectivity index (χ1n) is 12.6. The smallest absolute Gasteiger partial charge is 0.416 e. The lowest BCUT2D eigenvalue weighted by Crippen LogP contribution is -2.55. The maximum atomic E-state index is 13.7. The van der Waals surface area contributed by atoms with Crippen LogP contribution in [0.2, 0.25) is 0 Å². The topological polar surface area (TPSA) is 61.8 Å². The van der Waals surface area contributed by atoms with Crippen LogP contribution in [0.25, 0.3) is 0 Å². The van der Waals surface area contributed by atoms with Gasteiger partial charge in [-0.2, -0.15) is 26.3 Å². The van der Waals surface area contributed by atoms with E-state index in [-0.39, 0.29) is 30.0 Å². The molecule has 12 heteroatoms. The lowest BCUT2D eigenvalue weighted by Gasteiger charge is -2.35. The largest absolute Gasteiger partial charge is 0.480 e. The Hall–Kier alpha value is -2.70. The van der Waals surface area contributed by atoms with Gasteiger partial charge in [-0.15, -0.1) is 0 Å². The summed E-state index contributed by atoms with van der Waals surface area (Å²) < 4.78 is 100. The van der Waals surface area contributed by atoms with Gasteiger partial charge in [0.1, 0.15) is 11.9 Å². The molecule has 1 saturated carbocycles. The number of ether oxygens (including phenoxy) is 1. The Morgan fingerprint density at radius 2 is 1.67 bits per heavy atom. The van der Waals surface area contributed by atoms with E-state index < -0.39 is 53.5 Å². The number of carboxylic acid groups (broad SMARTS) is 1. The van der Waals surface area contributed by atoms with E-state index in [1.807, 2.05) is 4.90 Å². The SMILES string of the molecule is C[C@@H](O[C@H]1CC[C@@H](CN2CCNC(C(=O)O)C2)[C@@H]1c1ccc(F)cc1)c1cc(C(F)(F)F)cc(C(F)(F)F)c1. The number of benzene rings is 2. The van der Waals surface area contributed by atoms with Gasteiger partial charge < -0.3 is 15.2 Å². The summed E-state index contributed by atoms with van der Waals surface area (Å²) in [5, 5.41) is 12.3. The molecule has 1 heterocycles. The minimum absolute atomic E-state index is 0.0487. The molecule has 4 rings (SSSR count). The fourth-order valence-corrected chi connectivity index (χ4v) is 5.60. The summed E-state index contributed by atoms with van der Waals surface area (Å²) in [6, 6.07) is 6.49. The van der Waals surface area contributed by atoms with E-state index in [2.05, 4.69) is 5.32 Å². The Balaban J connectivity index is 1.59. The van der Waals surface area contributed by atoms with Crippen LogP contribution >= 0.6 is 0 Å². The molecule has 2 aromatic rings. The molecule has 1 saturated heterocycles. The maximum absolute atomic E-state index is 13.7. The lowest BCUT2D eigenvalue weighted by atomic mass is 9.86. The molecule has 2 N–H and O–H groups in total. The first-order chi connectivity index (χ1) is 18.2. The normalized spacial score (nSPS) is 25.5. The van der Waals surface area contributed by atoms with Crippen molar-refractivity contribution >= 4 is 5.97 Å². The van der Waals surface area contributed by atoms with Crippen molar-refractivity contribution in [1.82, 2.24) is 10.2 Å². The van der Waals surface area contributed by atoms with Crippen molar-refractivity contribution in [2.75, 3.05) is 26.2 Å². The Labute approximate surface area is 220 Å². The quantitative estimate of drug-likeness (QED) is 0.414. The van der Waals surface area contributed by atoms with E-state index in [9.17, 15) is 40.6 Å². The van der Waals surface area contributed by atoms with Crippen molar-refractivity contribution in [1.29, 1.82) is 0 Å². The van der Waals surface area contributed by atoms with E-state index >= 15 is 0 Å². The van der Waals surface area contributed by atoms with Gasteiger partial charge in [0.2, 0.25) is 0 Å². The molecule has 0 aromatic heterocycles. The summed E-state index contributed by atoms with van der Waals surface area (Å²) in [5.74, 6) is -1.78. The molecule has 5 atom stereocenters. The molecule has 0 bridgehead atoms. The number of hydrogen-bond acceptors (Lipinski definition) is 4. The third kappa shape index (κ3) is 7.09. The summed E-state index contributed by atoms with van der Waals surface area (Å²) >= 11 is 0. The second-order valence-corrected chi connectivity index (χ2v) is 10.2. The van der Waals surface area contributed by atoms with Crippen LogP contribution in [0.15, 0.2) is 42.5 Å². The molecular formula is C27H29F7N2O3. The summed E-state index contributed by atoms with van der Waals surface area (Å²) in [6.45, 7) is 3.32. The molecule has 2 aromatic carbocycles. The van der Waals surface area contributed by atoms with Crippen LogP contribution in [0.1, 0.15) is 54.0 Å². The van der Waals surface area contributed by atoms with Gasteiger partial charge in [-0.25, -0.2) is 4.39 Å². The zero-order chi connectivity index (χ0) is 28.5. The average Bonchev–Trinajstić information content (AvgIpc) is 3.25. The lowest BCUT2D eigenvalue weighted by molar-refractivity contribution is -0.143. The number of halogens is 7. The van der Waals surface area contributed by atoms with Crippen molar-refractivity contribution < 1.29 is 45.4 Å². The molecule has 0 amide bonds. The summed E-state index contributed by atoms with van der Waals surface area (Å²) in [4.78, 5) is 13.5. The van der Waals surface area contributed by atoms with E-state index in [0.29, 0.717) is 44.6 Å². The highest BCUT2D eigenvalue weighted by Crippen LogP contribution is 2.45. The Morgan fingerprint density at radius 1 is 1.05 bits per heavy atom. The van der Waals surface area contributed by atoms with E-state index in [4.69, 9.17) is 4.74 Å². The Bertz CT molecular complexity index is 1120. The average molecular weight is 563 g/mol. The maximum Gasteiger partial charge on any atom is 0.416 e. The van der Waals surface area contributed by atoms with Gasteiger partial charge in [-0.1, -0.05) is 12.1 Å². The van der Waals surface area contributed by atoms with Gasteiger partial charge in [-0.05, 0) is 67.1 Å². The van der Waals surface area contributed by atoms with Crippen LogP contribution in [0.4, 0.5) is 30.7 Å². The summed E-state index contributed by atoms with van der Waals surface area (Å²) in [7, 11) is 0. The molecule has 1 aliphatic carbocycles. The zero-order valence-corrected chi connectivity index (χ0v) is 21.0. The van der Waals surface area contributed by atoms with Gasteiger partial charge in [0, 0.05) is 32.1 Å². The summed E-state index contributed by atoms with van der Waals surface area (Å²) in [5.41, 5.74) is -2.33. The number of hydrogen-bond donors (Lipinski definition) is 2.